The molecule has 0 fully saturated rings. The fraction of sp³-hybridized carbons (Fsp3) is 0.556. The lowest BCUT2D eigenvalue weighted by atomic mass is 10.3. The highest BCUT2D eigenvalue weighted by Gasteiger charge is 2.09. The Morgan fingerprint density at radius 1 is 1.67 bits per heavy atom. The average molecular weight is 247 g/mol. The van der Waals surface area contributed by atoms with Gasteiger partial charge < -0.3 is 5.11 Å². The van der Waals surface area contributed by atoms with Gasteiger partial charge in [0.1, 0.15) is 5.75 Å². The minimum atomic E-state index is -1.35. The second-order valence-electron chi connectivity index (χ2n) is 3.10. The molecule has 1 heterocycles. The molecule has 0 amide bonds. The van der Waals surface area contributed by atoms with E-state index >= 15 is 0 Å². The molecular formula is C9H13NO3S2. The van der Waals surface area contributed by atoms with Gasteiger partial charge in [0.25, 0.3) is 0 Å². The van der Waals surface area contributed by atoms with E-state index in [1.54, 1.807) is 11.3 Å². The Balaban J connectivity index is 2.49. The van der Waals surface area contributed by atoms with Gasteiger partial charge in [-0.3, -0.25) is 9.00 Å². The molecule has 0 aliphatic heterocycles. The van der Waals surface area contributed by atoms with E-state index in [1.165, 1.54) is 0 Å². The van der Waals surface area contributed by atoms with Crippen LogP contribution in [0.2, 0.25) is 0 Å². The van der Waals surface area contributed by atoms with Gasteiger partial charge in [0, 0.05) is 16.2 Å². The van der Waals surface area contributed by atoms with E-state index in [4.69, 9.17) is 5.11 Å². The summed E-state index contributed by atoms with van der Waals surface area (Å²) in [5.41, 5.74) is 0.739. The summed E-state index contributed by atoms with van der Waals surface area (Å²) in [6.07, 6.45) is 1.96. The molecular weight excluding hydrogens is 234 g/mol. The number of carboxylic acids is 1. The van der Waals surface area contributed by atoms with E-state index in [9.17, 15) is 9.00 Å². The van der Waals surface area contributed by atoms with Crippen molar-refractivity contribution < 1.29 is 14.1 Å². The lowest BCUT2D eigenvalue weighted by molar-refractivity contribution is -0.133. The van der Waals surface area contributed by atoms with Crippen molar-refractivity contribution in [2.45, 2.75) is 25.5 Å². The average Bonchev–Trinajstić information content (AvgIpc) is 2.51. The summed E-state index contributed by atoms with van der Waals surface area (Å²) < 4.78 is 11.3. The molecule has 0 saturated heterocycles. The molecule has 6 heteroatoms. The zero-order valence-corrected chi connectivity index (χ0v) is 10.1. The van der Waals surface area contributed by atoms with Crippen molar-refractivity contribution in [3.8, 4) is 0 Å². The molecule has 1 rings (SSSR count). The third kappa shape index (κ3) is 4.53. The van der Waals surface area contributed by atoms with Gasteiger partial charge in [-0.2, -0.15) is 0 Å². The number of hydrogen-bond donors (Lipinski definition) is 1. The van der Waals surface area contributed by atoms with Crippen molar-refractivity contribution in [3.05, 3.63) is 16.1 Å². The molecule has 1 aromatic rings. The molecule has 0 radical (unpaired) electrons. The Morgan fingerprint density at radius 2 is 2.40 bits per heavy atom. The highest BCUT2D eigenvalue weighted by atomic mass is 32.2. The zero-order chi connectivity index (χ0) is 11.3. The maximum atomic E-state index is 11.3. The van der Waals surface area contributed by atoms with Crippen LogP contribution in [0.3, 0.4) is 0 Å². The van der Waals surface area contributed by atoms with Crippen molar-refractivity contribution in [2.24, 2.45) is 0 Å². The van der Waals surface area contributed by atoms with Crippen LogP contribution in [0, 0.1) is 0 Å². The lowest BCUT2D eigenvalue weighted by Crippen LogP contribution is -2.10. The van der Waals surface area contributed by atoms with Crippen molar-refractivity contribution in [1.29, 1.82) is 0 Å². The molecule has 0 spiro atoms. The Labute approximate surface area is 94.8 Å². The highest BCUT2D eigenvalue weighted by Crippen LogP contribution is 2.13. The number of aliphatic carboxylic acids is 1. The summed E-state index contributed by atoms with van der Waals surface area (Å²) in [4.78, 5) is 14.6. The van der Waals surface area contributed by atoms with Crippen molar-refractivity contribution in [2.75, 3.05) is 5.75 Å². The van der Waals surface area contributed by atoms with Gasteiger partial charge in [-0.05, 0) is 12.8 Å². The Morgan fingerprint density at radius 3 is 3.00 bits per heavy atom. The van der Waals surface area contributed by atoms with Crippen LogP contribution >= 0.6 is 11.3 Å². The first kappa shape index (κ1) is 12.3. The quantitative estimate of drug-likeness (QED) is 0.825. The van der Waals surface area contributed by atoms with Crippen molar-refractivity contribution in [3.63, 3.8) is 0 Å². The Bertz CT molecular complexity index is 362. The second-order valence-corrected chi connectivity index (χ2v) is 5.50. The van der Waals surface area contributed by atoms with Gasteiger partial charge in [0.05, 0.1) is 16.5 Å². The second kappa shape index (κ2) is 5.97. The van der Waals surface area contributed by atoms with Gasteiger partial charge in [-0.15, -0.1) is 11.3 Å². The van der Waals surface area contributed by atoms with Crippen LogP contribution in [-0.2, 0) is 27.8 Å². The summed E-state index contributed by atoms with van der Waals surface area (Å²) in [7, 11) is -1.35. The maximum absolute atomic E-state index is 11.3. The molecule has 0 bridgehead atoms. The number of nitrogens with zero attached hydrogens (tertiary/aromatic N) is 1. The summed E-state index contributed by atoms with van der Waals surface area (Å²) in [5, 5.41) is 11.3. The molecule has 0 aliphatic rings. The first-order chi connectivity index (χ1) is 7.11. The molecule has 1 N–H and O–H groups in total. The van der Waals surface area contributed by atoms with Gasteiger partial charge in [0.2, 0.25) is 0 Å². The number of aryl methyl sites for hydroxylation is 1. The predicted molar refractivity (Wildman–Crippen MR) is 60.5 cm³/mol. The molecule has 0 unspecified atom stereocenters. The number of carboxylic acid groups (broad SMARTS) is 1. The summed E-state index contributed by atoms with van der Waals surface area (Å²) >= 11 is 1.54. The number of aromatic nitrogens is 1. The van der Waals surface area contributed by atoms with Crippen LogP contribution in [0.15, 0.2) is 5.38 Å². The molecule has 0 aliphatic carbocycles. The fourth-order valence-corrected chi connectivity index (χ4v) is 2.96. The minimum Gasteiger partial charge on any atom is -0.481 e. The number of rotatable bonds is 6. The first-order valence-corrected chi connectivity index (χ1v) is 6.98. The Hall–Kier alpha value is -0.750. The molecule has 1 atom stereocenters. The molecule has 15 heavy (non-hydrogen) atoms. The third-order valence-electron chi connectivity index (χ3n) is 1.66. The lowest BCUT2D eigenvalue weighted by Gasteiger charge is -1.95. The Kier molecular flexibility index (Phi) is 4.90. The molecule has 0 saturated carbocycles. The van der Waals surface area contributed by atoms with Crippen LogP contribution in [0.5, 0.6) is 0 Å². The van der Waals surface area contributed by atoms with Gasteiger partial charge in [0.15, 0.2) is 0 Å². The zero-order valence-electron chi connectivity index (χ0n) is 8.43. The van der Waals surface area contributed by atoms with E-state index in [0.717, 1.165) is 23.5 Å². The molecule has 0 aromatic carbocycles. The molecule has 84 valence electrons. The molecule has 1 aromatic heterocycles. The monoisotopic (exact) mass is 247 g/mol. The summed E-state index contributed by atoms with van der Waals surface area (Å²) in [6, 6.07) is 0. The minimum absolute atomic E-state index is 0.243. The highest BCUT2D eigenvalue weighted by molar-refractivity contribution is 7.84. The van der Waals surface area contributed by atoms with Crippen molar-refractivity contribution >= 4 is 28.1 Å². The van der Waals surface area contributed by atoms with Crippen molar-refractivity contribution in [1.82, 2.24) is 4.98 Å². The van der Waals surface area contributed by atoms with E-state index in [1.807, 2.05) is 5.38 Å². The van der Waals surface area contributed by atoms with E-state index in [-0.39, 0.29) is 11.5 Å². The van der Waals surface area contributed by atoms with E-state index in [0.29, 0.717) is 0 Å². The van der Waals surface area contributed by atoms with Crippen LogP contribution in [0.1, 0.15) is 24.0 Å². The normalized spacial score (nSPS) is 12.6. The topological polar surface area (TPSA) is 67.3 Å². The number of hydrogen-bond acceptors (Lipinski definition) is 4. The molecule has 4 nitrogen and oxygen atoms in total. The van der Waals surface area contributed by atoms with Crippen LogP contribution < -0.4 is 0 Å². The number of thiazole rings is 1. The van der Waals surface area contributed by atoms with Gasteiger partial charge >= 0.3 is 5.97 Å². The summed E-state index contributed by atoms with van der Waals surface area (Å²) in [5.74, 6) is -1.09. The van der Waals surface area contributed by atoms with E-state index < -0.39 is 16.8 Å². The largest absolute Gasteiger partial charge is 0.481 e. The standard InChI is InChI=1S/C9H13NO3S2/c1-2-3-8-10-7(4-14-8)5-15(13)6-9(11)12/h4H,2-3,5-6H2,1H3,(H,11,12)/t15-/m0/s1. The van der Waals surface area contributed by atoms with Crippen LogP contribution in [0.4, 0.5) is 0 Å². The van der Waals surface area contributed by atoms with Crippen LogP contribution in [-0.4, -0.2) is 26.0 Å². The SMILES string of the molecule is CCCc1nc(C[S@](=O)CC(=O)O)cs1. The van der Waals surface area contributed by atoms with Gasteiger partial charge in [-0.25, -0.2) is 4.98 Å². The van der Waals surface area contributed by atoms with E-state index in [2.05, 4.69) is 11.9 Å². The summed E-state index contributed by atoms with van der Waals surface area (Å²) in [6.45, 7) is 2.07. The van der Waals surface area contributed by atoms with Gasteiger partial charge in [-0.1, -0.05) is 6.92 Å². The van der Waals surface area contributed by atoms with Crippen LogP contribution in [0.25, 0.3) is 0 Å². The third-order valence-corrected chi connectivity index (χ3v) is 3.80. The number of carbonyl (C=O) groups is 1. The maximum Gasteiger partial charge on any atom is 0.316 e. The smallest absolute Gasteiger partial charge is 0.316 e. The predicted octanol–water partition coefficient (Wildman–Crippen LogP) is 1.43. The fourth-order valence-electron chi connectivity index (χ4n) is 1.10. The first-order valence-electron chi connectivity index (χ1n) is 4.62.